The van der Waals surface area contributed by atoms with Crippen molar-refractivity contribution in [3.63, 3.8) is 0 Å². The first-order valence-electron chi connectivity index (χ1n) is 13.2. The summed E-state index contributed by atoms with van der Waals surface area (Å²) >= 11 is 0. The van der Waals surface area contributed by atoms with E-state index in [0.29, 0.717) is 6.42 Å². The van der Waals surface area contributed by atoms with Crippen LogP contribution in [0.2, 0.25) is 0 Å². The van der Waals surface area contributed by atoms with E-state index in [1.165, 1.54) is 0 Å². The maximum atomic E-state index is 12.9. The van der Waals surface area contributed by atoms with Gasteiger partial charge in [0.05, 0.1) is 18.6 Å². The highest BCUT2D eigenvalue weighted by atomic mass is 16.5. The Bertz CT molecular complexity index is 1250. The molecule has 0 saturated carbocycles. The van der Waals surface area contributed by atoms with Gasteiger partial charge in [0.25, 0.3) is 0 Å². The van der Waals surface area contributed by atoms with Gasteiger partial charge in [-0.05, 0) is 41.2 Å². The number of carbonyl (C=O) groups excluding carboxylic acids is 2. The van der Waals surface area contributed by atoms with Crippen LogP contribution in [0.5, 0.6) is 0 Å². The van der Waals surface area contributed by atoms with Gasteiger partial charge in [-0.25, -0.2) is 9.59 Å². The summed E-state index contributed by atoms with van der Waals surface area (Å²) in [5.41, 5.74) is 5.40. The minimum atomic E-state index is -1.23. The molecule has 8 nitrogen and oxygen atoms in total. The van der Waals surface area contributed by atoms with Crippen molar-refractivity contribution in [2.75, 3.05) is 13.2 Å². The number of alkyl carbamates (subject to hydrolysis) is 1. The first-order chi connectivity index (χ1) is 18.9. The second kappa shape index (κ2) is 13.1. The van der Waals surface area contributed by atoms with Gasteiger partial charge in [-0.1, -0.05) is 85.8 Å². The lowest BCUT2D eigenvalue weighted by molar-refractivity contribution is -0.147. The molecule has 0 spiro atoms. The predicted octanol–water partition coefficient (Wildman–Crippen LogP) is 4.73. The van der Waals surface area contributed by atoms with Crippen LogP contribution >= 0.6 is 0 Å². The van der Waals surface area contributed by atoms with E-state index in [0.717, 1.165) is 27.8 Å². The third-order valence-electron chi connectivity index (χ3n) is 7.09. The molecule has 3 atom stereocenters. The Hall–Kier alpha value is -4.17. The summed E-state index contributed by atoms with van der Waals surface area (Å²) in [5, 5.41) is 14.9. The Balaban J connectivity index is 1.28. The molecule has 3 unspecified atom stereocenters. The van der Waals surface area contributed by atoms with Crippen molar-refractivity contribution in [3.05, 3.63) is 95.6 Å². The second-order valence-corrected chi connectivity index (χ2v) is 9.64. The van der Waals surface area contributed by atoms with Crippen LogP contribution in [0.15, 0.2) is 78.9 Å². The molecule has 2 amide bonds. The fourth-order valence-electron chi connectivity index (χ4n) is 4.83. The molecule has 1 aliphatic rings. The van der Waals surface area contributed by atoms with Gasteiger partial charge in [0, 0.05) is 12.5 Å². The number of amides is 2. The zero-order valence-corrected chi connectivity index (χ0v) is 22.1. The van der Waals surface area contributed by atoms with Crippen molar-refractivity contribution in [3.8, 4) is 11.1 Å². The van der Waals surface area contributed by atoms with Crippen LogP contribution in [0.4, 0.5) is 4.79 Å². The Kier molecular flexibility index (Phi) is 9.33. The normalized spacial score (nSPS) is 14.4. The zero-order chi connectivity index (χ0) is 27.8. The summed E-state index contributed by atoms with van der Waals surface area (Å²) in [6, 6.07) is 24.3. The average Bonchev–Trinajstić information content (AvgIpc) is 3.27. The summed E-state index contributed by atoms with van der Waals surface area (Å²) < 4.78 is 11.3. The second-order valence-electron chi connectivity index (χ2n) is 9.64. The summed E-state index contributed by atoms with van der Waals surface area (Å²) in [6.07, 6.45) is -0.988. The smallest absolute Gasteiger partial charge is 0.407 e. The summed E-state index contributed by atoms with van der Waals surface area (Å²) in [6.45, 7) is 3.82. The van der Waals surface area contributed by atoms with Crippen LogP contribution in [0, 0.1) is 5.92 Å². The molecule has 0 fully saturated rings. The van der Waals surface area contributed by atoms with Crippen LogP contribution in [0.3, 0.4) is 0 Å². The largest absolute Gasteiger partial charge is 0.480 e. The Labute approximate surface area is 228 Å². The number of nitrogens with one attached hydrogen (secondary N) is 2. The Morgan fingerprint density at radius 2 is 1.49 bits per heavy atom. The van der Waals surface area contributed by atoms with E-state index in [-0.39, 0.29) is 25.7 Å². The average molecular weight is 531 g/mol. The van der Waals surface area contributed by atoms with E-state index in [9.17, 15) is 19.5 Å². The molecule has 4 rings (SSSR count). The van der Waals surface area contributed by atoms with Crippen LogP contribution in [0.1, 0.15) is 42.9 Å². The molecule has 3 aromatic rings. The van der Waals surface area contributed by atoms with Gasteiger partial charge in [0.15, 0.2) is 6.04 Å². The molecule has 0 bridgehead atoms. The van der Waals surface area contributed by atoms with Gasteiger partial charge >= 0.3 is 12.1 Å². The van der Waals surface area contributed by atoms with Crippen molar-refractivity contribution in [2.24, 2.45) is 5.92 Å². The van der Waals surface area contributed by atoms with E-state index in [1.807, 2.05) is 66.7 Å². The first-order valence-corrected chi connectivity index (χ1v) is 13.2. The topological polar surface area (TPSA) is 114 Å². The first kappa shape index (κ1) is 27.9. The fourth-order valence-corrected chi connectivity index (χ4v) is 4.83. The molecular formula is C31H34N2O6. The van der Waals surface area contributed by atoms with Gasteiger partial charge in [0.1, 0.15) is 6.61 Å². The van der Waals surface area contributed by atoms with E-state index in [2.05, 4.69) is 22.8 Å². The van der Waals surface area contributed by atoms with Crippen molar-refractivity contribution in [2.45, 2.75) is 44.9 Å². The highest BCUT2D eigenvalue weighted by molar-refractivity contribution is 5.86. The minimum Gasteiger partial charge on any atom is -0.480 e. The van der Waals surface area contributed by atoms with E-state index in [4.69, 9.17) is 9.47 Å². The maximum Gasteiger partial charge on any atom is 0.407 e. The predicted molar refractivity (Wildman–Crippen MR) is 147 cm³/mol. The van der Waals surface area contributed by atoms with Gasteiger partial charge in [0.2, 0.25) is 5.91 Å². The van der Waals surface area contributed by atoms with Crippen molar-refractivity contribution >= 4 is 18.0 Å². The zero-order valence-electron chi connectivity index (χ0n) is 22.1. The molecule has 1 aliphatic carbocycles. The van der Waals surface area contributed by atoms with Crippen LogP contribution in [-0.2, 0) is 25.7 Å². The molecule has 3 N–H and O–H groups in total. The van der Waals surface area contributed by atoms with Gasteiger partial charge in [-0.2, -0.15) is 0 Å². The quantitative estimate of drug-likeness (QED) is 0.312. The molecule has 0 radical (unpaired) electrons. The Morgan fingerprint density at radius 3 is 2.08 bits per heavy atom. The molecule has 0 aliphatic heterocycles. The lowest BCUT2D eigenvalue weighted by atomic mass is 9.98. The standard InChI is InChI=1S/C31H34N2O6/c1-3-22(29(34)33-28(30(35)36)20(2)38-18-21-11-5-4-6-12-21)17-32-31(37)39-19-27-25-15-9-7-13-23(25)24-14-8-10-16-26(24)27/h4-16,20,22,27-28H,3,17-19H2,1-2H3,(H,32,37)(H,33,34)(H,35,36). The number of rotatable bonds is 12. The van der Waals surface area contributed by atoms with E-state index >= 15 is 0 Å². The molecule has 39 heavy (non-hydrogen) atoms. The van der Waals surface area contributed by atoms with Gasteiger partial charge in [-0.15, -0.1) is 0 Å². The number of carbonyl (C=O) groups is 3. The third kappa shape index (κ3) is 6.83. The summed E-state index contributed by atoms with van der Waals surface area (Å²) in [4.78, 5) is 37.3. The highest BCUT2D eigenvalue weighted by Crippen LogP contribution is 2.44. The minimum absolute atomic E-state index is 0.0185. The third-order valence-corrected chi connectivity index (χ3v) is 7.09. The number of fused-ring (bicyclic) bond motifs is 3. The molecule has 0 aromatic heterocycles. The highest BCUT2D eigenvalue weighted by Gasteiger charge is 2.31. The molecule has 8 heteroatoms. The molecular weight excluding hydrogens is 496 g/mol. The molecule has 0 saturated heterocycles. The number of hydrogen-bond donors (Lipinski definition) is 3. The van der Waals surface area contributed by atoms with E-state index in [1.54, 1.807) is 13.8 Å². The number of hydrogen-bond acceptors (Lipinski definition) is 5. The van der Waals surface area contributed by atoms with Crippen LogP contribution in [0.25, 0.3) is 11.1 Å². The van der Waals surface area contributed by atoms with Gasteiger partial charge < -0.3 is 25.2 Å². The number of carboxylic acid groups (broad SMARTS) is 1. The Morgan fingerprint density at radius 1 is 0.897 bits per heavy atom. The van der Waals surface area contributed by atoms with E-state index < -0.39 is 36.0 Å². The lowest BCUT2D eigenvalue weighted by Crippen LogP contribution is -2.51. The number of aliphatic carboxylic acids is 1. The van der Waals surface area contributed by atoms with Crippen molar-refractivity contribution in [1.82, 2.24) is 10.6 Å². The van der Waals surface area contributed by atoms with Crippen LogP contribution in [-0.4, -0.2) is 48.4 Å². The number of benzene rings is 3. The molecule has 0 heterocycles. The lowest BCUT2D eigenvalue weighted by Gasteiger charge is -2.24. The summed E-state index contributed by atoms with van der Waals surface area (Å²) in [7, 11) is 0. The monoisotopic (exact) mass is 530 g/mol. The van der Waals surface area contributed by atoms with Gasteiger partial charge in [-0.3, -0.25) is 4.79 Å². The SMILES string of the molecule is CCC(CNC(=O)OCC1c2ccccc2-c2ccccc21)C(=O)NC(C(=O)O)C(C)OCc1ccccc1. The van der Waals surface area contributed by atoms with Crippen molar-refractivity contribution in [1.29, 1.82) is 0 Å². The number of carboxylic acids is 1. The van der Waals surface area contributed by atoms with Crippen LogP contribution < -0.4 is 10.6 Å². The maximum absolute atomic E-state index is 12.9. The fraction of sp³-hybridized carbons (Fsp3) is 0.323. The molecule has 3 aromatic carbocycles. The van der Waals surface area contributed by atoms with Crippen molar-refractivity contribution < 1.29 is 29.0 Å². The molecule has 204 valence electrons. The number of ether oxygens (including phenoxy) is 2. The summed E-state index contributed by atoms with van der Waals surface area (Å²) in [5.74, 6) is -2.36.